The van der Waals surface area contributed by atoms with Gasteiger partial charge >= 0.3 is 12.1 Å². The molecular weight excluding hydrogens is 401 g/mol. The average molecular weight is 420 g/mol. The van der Waals surface area contributed by atoms with Crippen LogP contribution in [0, 0.1) is 13.8 Å². The van der Waals surface area contributed by atoms with Crippen LogP contribution in [0.15, 0.2) is 52.9 Å². The third-order valence-corrected chi connectivity index (χ3v) is 4.38. The fourth-order valence-corrected chi connectivity index (χ4v) is 2.79. The van der Waals surface area contributed by atoms with E-state index in [0.717, 1.165) is 23.3 Å². The van der Waals surface area contributed by atoms with Crippen molar-refractivity contribution in [2.24, 2.45) is 0 Å². The highest BCUT2D eigenvalue weighted by atomic mass is 19.4. The highest BCUT2D eigenvalue weighted by Gasteiger charge is 2.30. The molecule has 0 amide bonds. The number of furan rings is 1. The van der Waals surface area contributed by atoms with E-state index in [1.165, 1.54) is 12.1 Å². The molecule has 0 fully saturated rings. The van der Waals surface area contributed by atoms with Gasteiger partial charge in [-0.2, -0.15) is 13.2 Å². The van der Waals surface area contributed by atoms with Crippen LogP contribution in [0.2, 0.25) is 0 Å². The summed E-state index contributed by atoms with van der Waals surface area (Å²) in [5.41, 5.74) is 1.34. The lowest BCUT2D eigenvalue weighted by Crippen LogP contribution is -2.10. The number of carbonyl (C=O) groups is 1. The van der Waals surface area contributed by atoms with Gasteiger partial charge in [-0.25, -0.2) is 4.79 Å². The average Bonchev–Trinajstić information content (AvgIpc) is 3.05. The molecule has 5 nitrogen and oxygen atoms in total. The molecule has 0 radical (unpaired) electrons. The van der Waals surface area contributed by atoms with E-state index >= 15 is 0 Å². The van der Waals surface area contributed by atoms with Crippen LogP contribution in [-0.2, 0) is 17.6 Å². The second-order valence-electron chi connectivity index (χ2n) is 6.69. The second-order valence-corrected chi connectivity index (χ2v) is 6.69. The number of hydrogen-bond donors (Lipinski definition) is 1. The van der Waals surface area contributed by atoms with E-state index in [9.17, 15) is 18.0 Å². The summed E-state index contributed by atoms with van der Waals surface area (Å²) < 4.78 is 54.8. The Kier molecular flexibility index (Phi) is 6.05. The maximum Gasteiger partial charge on any atom is 0.416 e. The van der Waals surface area contributed by atoms with Crippen molar-refractivity contribution >= 4 is 5.97 Å². The molecular formula is C22H19F3O5. The lowest BCUT2D eigenvalue weighted by atomic mass is 10.1. The van der Waals surface area contributed by atoms with Crippen LogP contribution in [-0.4, -0.2) is 17.7 Å². The van der Waals surface area contributed by atoms with Crippen LogP contribution in [0.5, 0.6) is 11.5 Å². The van der Waals surface area contributed by atoms with Gasteiger partial charge in [-0.15, -0.1) is 0 Å². The van der Waals surface area contributed by atoms with Crippen LogP contribution in [0.1, 0.15) is 22.5 Å². The predicted octanol–water partition coefficient (Wildman–Crippen LogP) is 5.62. The number of hydrogen-bond acceptors (Lipinski definition) is 4. The minimum absolute atomic E-state index is 0.126. The minimum Gasteiger partial charge on any atom is -0.486 e. The van der Waals surface area contributed by atoms with Gasteiger partial charge < -0.3 is 19.0 Å². The largest absolute Gasteiger partial charge is 0.486 e. The van der Waals surface area contributed by atoms with Gasteiger partial charge in [-0.1, -0.05) is 12.1 Å². The lowest BCUT2D eigenvalue weighted by Gasteiger charge is -2.10. The van der Waals surface area contributed by atoms with Gasteiger partial charge in [-0.05, 0) is 61.4 Å². The first-order chi connectivity index (χ1) is 14.1. The Bertz CT molecular complexity index is 1040. The molecule has 8 heteroatoms. The Hall–Kier alpha value is -3.42. The molecule has 0 unspecified atom stereocenters. The molecule has 158 valence electrons. The molecule has 3 aromatic rings. The topological polar surface area (TPSA) is 68.9 Å². The predicted molar refractivity (Wildman–Crippen MR) is 103 cm³/mol. The molecule has 1 N–H and O–H groups in total. The molecule has 0 spiro atoms. The van der Waals surface area contributed by atoms with E-state index in [0.29, 0.717) is 28.6 Å². The molecule has 0 aliphatic rings. The van der Waals surface area contributed by atoms with Gasteiger partial charge in [0.05, 0.1) is 5.56 Å². The molecule has 1 aromatic heterocycles. The van der Waals surface area contributed by atoms with E-state index < -0.39 is 24.3 Å². The number of aryl methyl sites for hydroxylation is 2. The first kappa shape index (κ1) is 21.3. The molecule has 0 saturated heterocycles. The number of benzene rings is 2. The van der Waals surface area contributed by atoms with Crippen molar-refractivity contribution in [3.05, 3.63) is 71.0 Å². The van der Waals surface area contributed by atoms with Crippen LogP contribution < -0.4 is 9.47 Å². The number of halogens is 3. The van der Waals surface area contributed by atoms with E-state index in [4.69, 9.17) is 19.0 Å². The van der Waals surface area contributed by atoms with Gasteiger partial charge in [0.15, 0.2) is 6.61 Å². The molecule has 0 atom stereocenters. The number of aliphatic carboxylic acids is 1. The number of alkyl halides is 3. The van der Waals surface area contributed by atoms with Gasteiger partial charge in [0.1, 0.15) is 29.6 Å². The van der Waals surface area contributed by atoms with Gasteiger partial charge in [0.2, 0.25) is 0 Å². The summed E-state index contributed by atoms with van der Waals surface area (Å²) in [6.07, 6.45) is -4.39. The third kappa shape index (κ3) is 5.14. The molecule has 30 heavy (non-hydrogen) atoms. The summed E-state index contributed by atoms with van der Waals surface area (Å²) in [6, 6.07) is 11.5. The first-order valence-electron chi connectivity index (χ1n) is 8.98. The standard InChI is InChI=1S/C22H19F3O5/c1-13-9-17(7-8-18(13)29-12-21(26)27)28-11-20-14(2)10-19(30-20)15-3-5-16(6-4-15)22(23,24)25/h3-10H,11-12H2,1-2H3,(H,26,27). The highest BCUT2D eigenvalue weighted by Crippen LogP contribution is 2.32. The van der Waals surface area contributed by atoms with E-state index in [1.807, 2.05) is 6.92 Å². The summed E-state index contributed by atoms with van der Waals surface area (Å²) >= 11 is 0. The van der Waals surface area contributed by atoms with Crippen molar-refractivity contribution in [2.75, 3.05) is 6.61 Å². The van der Waals surface area contributed by atoms with Crippen molar-refractivity contribution in [2.45, 2.75) is 26.6 Å². The fourth-order valence-electron chi connectivity index (χ4n) is 2.79. The van der Waals surface area contributed by atoms with Crippen molar-refractivity contribution in [3.63, 3.8) is 0 Å². The molecule has 0 aliphatic carbocycles. The minimum atomic E-state index is -4.39. The van der Waals surface area contributed by atoms with Crippen molar-refractivity contribution < 1.29 is 37.0 Å². The number of rotatable bonds is 7. The van der Waals surface area contributed by atoms with E-state index in [1.54, 1.807) is 31.2 Å². The smallest absolute Gasteiger partial charge is 0.416 e. The molecule has 2 aromatic carbocycles. The van der Waals surface area contributed by atoms with Crippen molar-refractivity contribution in [1.82, 2.24) is 0 Å². The summed E-state index contributed by atoms with van der Waals surface area (Å²) in [6.45, 7) is 3.29. The molecule has 3 rings (SSSR count). The Morgan fingerprint density at radius 1 is 1.00 bits per heavy atom. The van der Waals surface area contributed by atoms with E-state index in [-0.39, 0.29) is 6.61 Å². The maximum absolute atomic E-state index is 12.7. The third-order valence-electron chi connectivity index (χ3n) is 4.38. The van der Waals surface area contributed by atoms with Gasteiger partial charge in [0, 0.05) is 5.56 Å². The molecule has 0 aliphatic heterocycles. The fraction of sp³-hybridized carbons (Fsp3) is 0.227. The molecule has 0 bridgehead atoms. The summed E-state index contributed by atoms with van der Waals surface area (Å²) in [4.78, 5) is 10.6. The van der Waals surface area contributed by atoms with Crippen molar-refractivity contribution in [3.8, 4) is 22.8 Å². The Morgan fingerprint density at radius 3 is 2.30 bits per heavy atom. The monoisotopic (exact) mass is 420 g/mol. The second kappa shape index (κ2) is 8.52. The van der Waals surface area contributed by atoms with Gasteiger partial charge in [-0.3, -0.25) is 0 Å². The number of ether oxygens (including phenoxy) is 2. The van der Waals surface area contributed by atoms with E-state index in [2.05, 4.69) is 0 Å². The first-order valence-corrected chi connectivity index (χ1v) is 8.98. The highest BCUT2D eigenvalue weighted by molar-refractivity contribution is 5.68. The molecule has 1 heterocycles. The SMILES string of the molecule is Cc1cc(OCc2oc(-c3ccc(C(F)(F)F)cc3)cc2C)ccc1OCC(=O)O. The van der Waals surface area contributed by atoms with Crippen LogP contribution in [0.4, 0.5) is 13.2 Å². The molecule has 0 saturated carbocycles. The van der Waals surface area contributed by atoms with Crippen LogP contribution >= 0.6 is 0 Å². The van der Waals surface area contributed by atoms with Crippen LogP contribution in [0.3, 0.4) is 0 Å². The number of carboxylic acid groups (broad SMARTS) is 1. The van der Waals surface area contributed by atoms with Crippen LogP contribution in [0.25, 0.3) is 11.3 Å². The Morgan fingerprint density at radius 2 is 1.70 bits per heavy atom. The zero-order valence-corrected chi connectivity index (χ0v) is 16.2. The lowest BCUT2D eigenvalue weighted by molar-refractivity contribution is -0.139. The summed E-state index contributed by atoms with van der Waals surface area (Å²) in [5.74, 6) is 0.930. The Labute approximate surface area is 170 Å². The quantitative estimate of drug-likeness (QED) is 0.537. The summed E-state index contributed by atoms with van der Waals surface area (Å²) in [7, 11) is 0. The Balaban J connectivity index is 1.68. The zero-order chi connectivity index (χ0) is 21.9. The number of carboxylic acids is 1. The van der Waals surface area contributed by atoms with Gasteiger partial charge in [0.25, 0.3) is 0 Å². The zero-order valence-electron chi connectivity index (χ0n) is 16.2. The normalized spacial score (nSPS) is 11.4. The van der Waals surface area contributed by atoms with Crippen molar-refractivity contribution in [1.29, 1.82) is 0 Å². The maximum atomic E-state index is 12.7. The summed E-state index contributed by atoms with van der Waals surface area (Å²) in [5, 5.41) is 8.68.